The van der Waals surface area contributed by atoms with Gasteiger partial charge in [-0.1, -0.05) is 30.3 Å². The number of carbonyl (C=O) groups is 2. The van der Waals surface area contributed by atoms with E-state index in [-0.39, 0.29) is 6.61 Å². The van der Waals surface area contributed by atoms with Crippen molar-refractivity contribution in [3.8, 4) is 11.1 Å². The monoisotopic (exact) mass is 322 g/mol. The molecular weight excluding hydrogens is 304 g/mol. The zero-order valence-corrected chi connectivity index (χ0v) is 13.2. The average molecular weight is 322 g/mol. The molecule has 5 nitrogen and oxygen atoms in total. The first-order valence-electron chi connectivity index (χ1n) is 8.12. The van der Waals surface area contributed by atoms with Crippen molar-refractivity contribution in [1.29, 1.82) is 0 Å². The van der Waals surface area contributed by atoms with Gasteiger partial charge in [-0.25, -0.2) is 0 Å². The smallest absolute Gasteiger partial charge is 0.296 e. The van der Waals surface area contributed by atoms with Gasteiger partial charge in [-0.15, -0.1) is 0 Å². The Morgan fingerprint density at radius 2 is 1.88 bits per heavy atom. The van der Waals surface area contributed by atoms with E-state index in [2.05, 4.69) is 10.2 Å². The van der Waals surface area contributed by atoms with Gasteiger partial charge in [0.15, 0.2) is 0 Å². The van der Waals surface area contributed by atoms with Crippen LogP contribution in [0.1, 0.15) is 21.5 Å². The Balaban J connectivity index is 1.90. The standard InChI is InChI=1S/C19H18N2O3/c22-9-8-21-7-6-13-14(12-4-2-1-3-5-12)10-15-17(16(13)11-21)20-19(24)18(15)23/h1-5,10,22H,6-9,11H2,(H,20,23,24). The number of hydrogen-bond donors (Lipinski definition) is 2. The molecule has 2 aromatic rings. The molecule has 0 aromatic heterocycles. The van der Waals surface area contributed by atoms with Crippen molar-refractivity contribution in [2.45, 2.75) is 13.0 Å². The number of aliphatic hydroxyl groups is 1. The van der Waals surface area contributed by atoms with Gasteiger partial charge < -0.3 is 10.4 Å². The molecule has 122 valence electrons. The van der Waals surface area contributed by atoms with Crippen LogP contribution >= 0.6 is 0 Å². The van der Waals surface area contributed by atoms with Crippen molar-refractivity contribution in [3.05, 3.63) is 53.1 Å². The van der Waals surface area contributed by atoms with Crippen LogP contribution in [0.25, 0.3) is 11.1 Å². The summed E-state index contributed by atoms with van der Waals surface area (Å²) in [5.41, 5.74) is 5.39. The first-order valence-corrected chi connectivity index (χ1v) is 8.12. The maximum Gasteiger partial charge on any atom is 0.296 e. The molecule has 2 aliphatic heterocycles. The van der Waals surface area contributed by atoms with E-state index < -0.39 is 11.7 Å². The highest BCUT2D eigenvalue weighted by Crippen LogP contribution is 2.39. The molecule has 0 radical (unpaired) electrons. The first kappa shape index (κ1) is 15.1. The molecule has 1 amide bonds. The van der Waals surface area contributed by atoms with Crippen molar-refractivity contribution in [2.24, 2.45) is 0 Å². The van der Waals surface area contributed by atoms with E-state index >= 15 is 0 Å². The second-order valence-corrected chi connectivity index (χ2v) is 6.20. The van der Waals surface area contributed by atoms with E-state index in [0.717, 1.165) is 29.7 Å². The van der Waals surface area contributed by atoms with E-state index in [4.69, 9.17) is 0 Å². The van der Waals surface area contributed by atoms with Gasteiger partial charge in [0.2, 0.25) is 0 Å². The number of rotatable bonds is 3. The third kappa shape index (κ3) is 2.33. The molecule has 0 spiro atoms. The number of fused-ring (bicyclic) bond motifs is 3. The summed E-state index contributed by atoms with van der Waals surface area (Å²) in [6.07, 6.45) is 0.830. The molecule has 24 heavy (non-hydrogen) atoms. The summed E-state index contributed by atoms with van der Waals surface area (Å²) < 4.78 is 0. The van der Waals surface area contributed by atoms with Crippen molar-refractivity contribution >= 4 is 17.4 Å². The maximum absolute atomic E-state index is 12.2. The molecule has 0 bridgehead atoms. The van der Waals surface area contributed by atoms with Crippen LogP contribution < -0.4 is 5.32 Å². The number of amides is 1. The predicted octanol–water partition coefficient (Wildman–Crippen LogP) is 1.84. The van der Waals surface area contributed by atoms with Gasteiger partial charge in [-0.3, -0.25) is 14.5 Å². The molecule has 0 saturated carbocycles. The van der Waals surface area contributed by atoms with E-state index in [1.54, 1.807) is 0 Å². The molecule has 2 aliphatic rings. The summed E-state index contributed by atoms with van der Waals surface area (Å²) in [6.45, 7) is 2.17. The summed E-state index contributed by atoms with van der Waals surface area (Å²) >= 11 is 0. The van der Waals surface area contributed by atoms with Crippen LogP contribution in [-0.2, 0) is 17.8 Å². The molecule has 2 aromatic carbocycles. The fraction of sp³-hybridized carbons (Fsp3) is 0.263. The molecule has 0 unspecified atom stereocenters. The van der Waals surface area contributed by atoms with Gasteiger partial charge >= 0.3 is 0 Å². The number of nitrogens with one attached hydrogen (secondary N) is 1. The predicted molar refractivity (Wildman–Crippen MR) is 90.9 cm³/mol. The number of Topliss-reactive ketones (excluding diaryl/α,β-unsaturated/α-hetero) is 1. The third-order valence-corrected chi connectivity index (χ3v) is 4.80. The normalized spacial score (nSPS) is 16.7. The Kier molecular flexibility index (Phi) is 3.67. The number of nitrogens with zero attached hydrogens (tertiary/aromatic N) is 1. The molecule has 2 N–H and O–H groups in total. The number of benzene rings is 2. The van der Waals surface area contributed by atoms with Gasteiger partial charge in [-0.05, 0) is 34.7 Å². The van der Waals surface area contributed by atoms with Crippen LogP contribution in [-0.4, -0.2) is 41.4 Å². The Hall–Kier alpha value is -2.50. The van der Waals surface area contributed by atoms with Crippen molar-refractivity contribution in [1.82, 2.24) is 4.90 Å². The highest BCUT2D eigenvalue weighted by Gasteiger charge is 2.34. The van der Waals surface area contributed by atoms with Crippen LogP contribution in [0.15, 0.2) is 36.4 Å². The number of hydrogen-bond acceptors (Lipinski definition) is 4. The third-order valence-electron chi connectivity index (χ3n) is 4.80. The fourth-order valence-electron chi connectivity index (χ4n) is 3.63. The molecule has 0 saturated heterocycles. The minimum atomic E-state index is -0.559. The fourth-order valence-corrected chi connectivity index (χ4v) is 3.63. The van der Waals surface area contributed by atoms with Gasteiger partial charge in [0, 0.05) is 19.6 Å². The molecular formula is C19H18N2O3. The Labute approximate surface area is 139 Å². The van der Waals surface area contributed by atoms with Crippen LogP contribution in [0.3, 0.4) is 0 Å². The van der Waals surface area contributed by atoms with Gasteiger partial charge in [-0.2, -0.15) is 0 Å². The lowest BCUT2D eigenvalue weighted by Crippen LogP contribution is -2.33. The highest BCUT2D eigenvalue weighted by atomic mass is 16.3. The van der Waals surface area contributed by atoms with Gasteiger partial charge in [0.05, 0.1) is 17.9 Å². The van der Waals surface area contributed by atoms with Crippen LogP contribution in [0.4, 0.5) is 5.69 Å². The first-order chi connectivity index (χ1) is 11.7. The second-order valence-electron chi connectivity index (χ2n) is 6.20. The lowest BCUT2D eigenvalue weighted by molar-refractivity contribution is -0.112. The molecule has 0 atom stereocenters. The molecule has 0 aliphatic carbocycles. The summed E-state index contributed by atoms with van der Waals surface area (Å²) in [7, 11) is 0. The Bertz CT molecular complexity index is 830. The van der Waals surface area contributed by atoms with Crippen LogP contribution in [0, 0.1) is 0 Å². The van der Waals surface area contributed by atoms with Crippen LogP contribution in [0.5, 0.6) is 0 Å². The topological polar surface area (TPSA) is 69.6 Å². The van der Waals surface area contributed by atoms with Crippen molar-refractivity contribution in [3.63, 3.8) is 0 Å². The minimum absolute atomic E-state index is 0.0984. The van der Waals surface area contributed by atoms with E-state index in [9.17, 15) is 14.7 Å². The SMILES string of the molecule is O=C1Nc2c(cc(-c3ccccc3)c3c2CN(CCO)CC3)C1=O. The summed E-state index contributed by atoms with van der Waals surface area (Å²) in [5.74, 6) is -1.03. The zero-order valence-electron chi connectivity index (χ0n) is 13.2. The van der Waals surface area contributed by atoms with E-state index in [0.29, 0.717) is 24.3 Å². The summed E-state index contributed by atoms with van der Waals surface area (Å²) in [5, 5.41) is 12.0. The zero-order chi connectivity index (χ0) is 16.7. The number of ketones is 1. The van der Waals surface area contributed by atoms with Gasteiger partial charge in [0.25, 0.3) is 11.7 Å². The van der Waals surface area contributed by atoms with Gasteiger partial charge in [0.1, 0.15) is 0 Å². The molecule has 4 rings (SSSR count). The number of aliphatic hydroxyl groups excluding tert-OH is 1. The average Bonchev–Trinajstić information content (AvgIpc) is 2.90. The number of carbonyl (C=O) groups excluding carboxylic acids is 2. The summed E-state index contributed by atoms with van der Waals surface area (Å²) in [6, 6.07) is 11.8. The van der Waals surface area contributed by atoms with Crippen molar-refractivity contribution in [2.75, 3.05) is 25.0 Å². The summed E-state index contributed by atoms with van der Waals surface area (Å²) in [4.78, 5) is 26.2. The molecule has 5 heteroatoms. The Morgan fingerprint density at radius 1 is 1.08 bits per heavy atom. The minimum Gasteiger partial charge on any atom is -0.395 e. The number of β-amino-alcohol motifs (C(OH)–C–C–N with tert-alkyl or cyclic N) is 1. The second kappa shape index (κ2) is 5.85. The largest absolute Gasteiger partial charge is 0.395 e. The molecule has 2 heterocycles. The lowest BCUT2D eigenvalue weighted by Gasteiger charge is -2.31. The maximum atomic E-state index is 12.2. The van der Waals surface area contributed by atoms with E-state index in [1.165, 1.54) is 5.56 Å². The quantitative estimate of drug-likeness (QED) is 0.846. The lowest BCUT2D eigenvalue weighted by atomic mass is 9.87. The van der Waals surface area contributed by atoms with E-state index in [1.807, 2.05) is 36.4 Å². The van der Waals surface area contributed by atoms with Crippen LogP contribution in [0.2, 0.25) is 0 Å². The van der Waals surface area contributed by atoms with Crippen molar-refractivity contribution < 1.29 is 14.7 Å². The number of anilines is 1. The Morgan fingerprint density at radius 3 is 2.62 bits per heavy atom. The highest BCUT2D eigenvalue weighted by molar-refractivity contribution is 6.52. The molecule has 0 fully saturated rings.